The minimum atomic E-state index is -1.82. The second-order valence-electron chi connectivity index (χ2n) is 2.98. The molecule has 4 unspecified atom stereocenters. The Kier molecular flexibility index (Phi) is 2.78. The maximum absolute atomic E-state index is 12.8. The number of aliphatic hydroxyl groups is 2. The van der Waals surface area contributed by atoms with Crippen LogP contribution in [0.3, 0.4) is 0 Å². The molecule has 4 heteroatoms. The van der Waals surface area contributed by atoms with Crippen molar-refractivity contribution in [1.29, 1.82) is 0 Å². The van der Waals surface area contributed by atoms with E-state index in [0.717, 1.165) is 0 Å². The standard InChI is InChI=1S/C7H12F2O2/c8-6-4(3-10)1-2-5(11)7(6)9/h4-7,10-11H,1-3H2. The molecule has 4 atom stereocenters. The van der Waals surface area contributed by atoms with Gasteiger partial charge in [-0.2, -0.15) is 0 Å². The van der Waals surface area contributed by atoms with Gasteiger partial charge < -0.3 is 10.2 Å². The van der Waals surface area contributed by atoms with Gasteiger partial charge in [-0.15, -0.1) is 0 Å². The summed E-state index contributed by atoms with van der Waals surface area (Å²) in [5.41, 5.74) is 0. The number of rotatable bonds is 1. The molecule has 0 aromatic carbocycles. The lowest BCUT2D eigenvalue weighted by Gasteiger charge is -2.30. The molecule has 2 N–H and O–H groups in total. The molecule has 0 bridgehead atoms. The Morgan fingerprint density at radius 1 is 1.18 bits per heavy atom. The Labute approximate surface area is 63.8 Å². The number of alkyl halides is 2. The van der Waals surface area contributed by atoms with Gasteiger partial charge in [0.15, 0.2) is 6.17 Å². The van der Waals surface area contributed by atoms with E-state index in [4.69, 9.17) is 10.2 Å². The molecule has 0 aliphatic heterocycles. The molecule has 0 radical (unpaired) electrons. The van der Waals surface area contributed by atoms with Gasteiger partial charge in [-0.05, 0) is 12.8 Å². The van der Waals surface area contributed by atoms with E-state index in [2.05, 4.69) is 0 Å². The largest absolute Gasteiger partial charge is 0.396 e. The van der Waals surface area contributed by atoms with Crippen LogP contribution in [-0.4, -0.2) is 35.3 Å². The van der Waals surface area contributed by atoms with Gasteiger partial charge >= 0.3 is 0 Å². The van der Waals surface area contributed by atoms with Crippen molar-refractivity contribution in [2.24, 2.45) is 5.92 Å². The first-order valence-electron chi connectivity index (χ1n) is 3.74. The maximum atomic E-state index is 12.8. The lowest BCUT2D eigenvalue weighted by molar-refractivity contribution is -0.0464. The van der Waals surface area contributed by atoms with Crippen molar-refractivity contribution in [1.82, 2.24) is 0 Å². The highest BCUT2D eigenvalue weighted by atomic mass is 19.2. The summed E-state index contributed by atoms with van der Waals surface area (Å²) in [6.07, 6.45) is -4.11. The topological polar surface area (TPSA) is 40.5 Å². The highest BCUT2D eigenvalue weighted by molar-refractivity contribution is 4.87. The van der Waals surface area contributed by atoms with E-state index in [1.165, 1.54) is 0 Å². The summed E-state index contributed by atoms with van der Waals surface area (Å²) in [6.45, 7) is -0.339. The Balaban J connectivity index is 2.52. The fourth-order valence-corrected chi connectivity index (χ4v) is 1.37. The minimum Gasteiger partial charge on any atom is -0.396 e. The van der Waals surface area contributed by atoms with Crippen LogP contribution in [0, 0.1) is 5.92 Å². The van der Waals surface area contributed by atoms with E-state index in [9.17, 15) is 8.78 Å². The van der Waals surface area contributed by atoms with Gasteiger partial charge in [-0.25, -0.2) is 8.78 Å². The molecule has 1 aliphatic carbocycles. The monoisotopic (exact) mass is 166 g/mol. The van der Waals surface area contributed by atoms with Crippen molar-refractivity contribution in [2.75, 3.05) is 6.61 Å². The van der Waals surface area contributed by atoms with E-state index in [-0.39, 0.29) is 13.0 Å². The third-order valence-corrected chi connectivity index (χ3v) is 2.19. The summed E-state index contributed by atoms with van der Waals surface area (Å²) in [7, 11) is 0. The molecule has 1 aliphatic rings. The smallest absolute Gasteiger partial charge is 0.157 e. The summed E-state index contributed by atoms with van der Waals surface area (Å²) in [5, 5.41) is 17.4. The Morgan fingerprint density at radius 3 is 2.36 bits per heavy atom. The fraction of sp³-hybridized carbons (Fsp3) is 1.00. The zero-order valence-corrected chi connectivity index (χ0v) is 6.08. The first kappa shape index (κ1) is 8.87. The molecule has 11 heavy (non-hydrogen) atoms. The summed E-state index contributed by atoms with van der Waals surface area (Å²) < 4.78 is 25.5. The molecule has 0 aromatic rings. The van der Waals surface area contributed by atoms with Gasteiger partial charge in [-0.1, -0.05) is 0 Å². The average Bonchev–Trinajstić information content (AvgIpc) is 2.01. The summed E-state index contributed by atoms with van der Waals surface area (Å²) in [5.74, 6) is -0.631. The van der Waals surface area contributed by atoms with Crippen molar-refractivity contribution in [2.45, 2.75) is 31.3 Å². The van der Waals surface area contributed by atoms with Crippen LogP contribution in [0.4, 0.5) is 8.78 Å². The zero-order valence-electron chi connectivity index (χ0n) is 6.08. The van der Waals surface area contributed by atoms with Gasteiger partial charge in [0, 0.05) is 12.5 Å². The van der Waals surface area contributed by atoms with Crippen LogP contribution < -0.4 is 0 Å². The average molecular weight is 166 g/mol. The molecule has 1 fully saturated rings. The molecule has 0 spiro atoms. The predicted molar refractivity (Wildman–Crippen MR) is 35.6 cm³/mol. The number of halogens is 2. The molecule has 0 saturated heterocycles. The molecule has 0 amide bonds. The van der Waals surface area contributed by atoms with Gasteiger partial charge in [0.2, 0.25) is 0 Å². The van der Waals surface area contributed by atoms with Crippen LogP contribution in [0.25, 0.3) is 0 Å². The summed E-state index contributed by atoms with van der Waals surface area (Å²) in [6, 6.07) is 0. The molecular formula is C7H12F2O2. The van der Waals surface area contributed by atoms with Crippen molar-refractivity contribution in [3.63, 3.8) is 0 Å². The predicted octanol–water partition coefficient (Wildman–Crippen LogP) is 0.426. The number of hydrogen-bond acceptors (Lipinski definition) is 2. The third-order valence-electron chi connectivity index (χ3n) is 2.19. The first-order chi connectivity index (χ1) is 5.16. The van der Waals surface area contributed by atoms with Crippen LogP contribution in [-0.2, 0) is 0 Å². The third kappa shape index (κ3) is 1.68. The molecule has 0 heterocycles. The fourth-order valence-electron chi connectivity index (χ4n) is 1.37. The SMILES string of the molecule is OCC1CCC(O)C(F)C1F. The molecular weight excluding hydrogens is 154 g/mol. The molecule has 0 aromatic heterocycles. The highest BCUT2D eigenvalue weighted by Gasteiger charge is 2.38. The lowest BCUT2D eigenvalue weighted by Crippen LogP contribution is -2.42. The molecule has 1 saturated carbocycles. The maximum Gasteiger partial charge on any atom is 0.157 e. The van der Waals surface area contributed by atoms with Gasteiger partial charge in [0.25, 0.3) is 0 Å². The van der Waals surface area contributed by atoms with Crippen LogP contribution in [0.15, 0.2) is 0 Å². The quantitative estimate of drug-likeness (QED) is 0.593. The van der Waals surface area contributed by atoms with Crippen LogP contribution in [0.1, 0.15) is 12.8 Å². The summed E-state index contributed by atoms with van der Waals surface area (Å²) >= 11 is 0. The lowest BCUT2D eigenvalue weighted by atomic mass is 9.85. The molecule has 1 rings (SSSR count). The van der Waals surface area contributed by atoms with Crippen LogP contribution in [0.5, 0.6) is 0 Å². The Hall–Kier alpha value is -0.220. The molecule has 2 nitrogen and oxygen atoms in total. The van der Waals surface area contributed by atoms with Crippen molar-refractivity contribution < 1.29 is 19.0 Å². The van der Waals surface area contributed by atoms with Crippen LogP contribution >= 0.6 is 0 Å². The number of aliphatic hydroxyl groups excluding tert-OH is 2. The van der Waals surface area contributed by atoms with E-state index >= 15 is 0 Å². The minimum absolute atomic E-state index is 0.243. The van der Waals surface area contributed by atoms with Crippen LogP contribution in [0.2, 0.25) is 0 Å². The van der Waals surface area contributed by atoms with Crippen molar-refractivity contribution >= 4 is 0 Å². The highest BCUT2D eigenvalue weighted by Crippen LogP contribution is 2.29. The van der Waals surface area contributed by atoms with Crippen molar-refractivity contribution in [3.05, 3.63) is 0 Å². The Bertz CT molecular complexity index is 130. The number of hydrogen-bond donors (Lipinski definition) is 2. The second kappa shape index (κ2) is 3.45. The van der Waals surface area contributed by atoms with E-state index in [0.29, 0.717) is 6.42 Å². The first-order valence-corrected chi connectivity index (χ1v) is 3.74. The normalized spacial score (nSPS) is 45.8. The molecule has 66 valence electrons. The Morgan fingerprint density at radius 2 is 1.82 bits per heavy atom. The van der Waals surface area contributed by atoms with Gasteiger partial charge in [0.1, 0.15) is 6.17 Å². The van der Waals surface area contributed by atoms with E-state index in [1.54, 1.807) is 0 Å². The van der Waals surface area contributed by atoms with Gasteiger partial charge in [-0.3, -0.25) is 0 Å². The van der Waals surface area contributed by atoms with E-state index < -0.39 is 24.4 Å². The van der Waals surface area contributed by atoms with Gasteiger partial charge in [0.05, 0.1) is 6.10 Å². The zero-order chi connectivity index (χ0) is 8.43. The second-order valence-corrected chi connectivity index (χ2v) is 2.98. The summed E-state index contributed by atoms with van der Waals surface area (Å²) in [4.78, 5) is 0. The van der Waals surface area contributed by atoms with E-state index in [1.807, 2.05) is 0 Å². The van der Waals surface area contributed by atoms with Crippen molar-refractivity contribution in [3.8, 4) is 0 Å².